The lowest BCUT2D eigenvalue weighted by Crippen LogP contribution is -2.34. The number of ether oxygens (including phenoxy) is 2. The first-order valence-electron chi connectivity index (χ1n) is 5.02. The van der Waals surface area contributed by atoms with Crippen LogP contribution >= 0.6 is 0 Å². The molecule has 0 amide bonds. The summed E-state index contributed by atoms with van der Waals surface area (Å²) in [5.41, 5.74) is 0. The van der Waals surface area contributed by atoms with E-state index in [1.165, 1.54) is 0 Å². The fourth-order valence-electron chi connectivity index (χ4n) is 1.18. The summed E-state index contributed by atoms with van der Waals surface area (Å²) in [6.07, 6.45) is 1.40. The highest BCUT2D eigenvalue weighted by Gasteiger charge is 2.28. The molecule has 1 saturated heterocycles. The largest absolute Gasteiger partial charge is 0.463 e. The molecule has 1 aliphatic heterocycles. The maximum absolute atomic E-state index is 11.4. The number of rotatable bonds is 3. The first kappa shape index (κ1) is 11.0. The van der Waals surface area contributed by atoms with Crippen LogP contribution in [0.5, 0.6) is 0 Å². The van der Waals surface area contributed by atoms with Gasteiger partial charge in [0.2, 0.25) is 0 Å². The summed E-state index contributed by atoms with van der Waals surface area (Å²) in [6, 6.07) is 0. The van der Waals surface area contributed by atoms with Crippen LogP contribution in [-0.2, 0) is 19.1 Å². The third-order valence-corrected chi connectivity index (χ3v) is 2.39. The van der Waals surface area contributed by atoms with Crippen LogP contribution in [0.25, 0.3) is 0 Å². The minimum Gasteiger partial charge on any atom is -0.463 e. The van der Waals surface area contributed by atoms with Gasteiger partial charge in [-0.25, -0.2) is 4.79 Å². The summed E-state index contributed by atoms with van der Waals surface area (Å²) in [7, 11) is 0. The lowest BCUT2D eigenvalue weighted by molar-refractivity contribution is -0.175. The number of hydrogen-bond donors (Lipinski definition) is 0. The minimum absolute atomic E-state index is 0.148. The summed E-state index contributed by atoms with van der Waals surface area (Å²) < 4.78 is 9.83. The van der Waals surface area contributed by atoms with Crippen LogP contribution in [0.4, 0.5) is 0 Å². The quantitative estimate of drug-likeness (QED) is 0.644. The van der Waals surface area contributed by atoms with E-state index in [0.29, 0.717) is 13.0 Å². The Kier molecular flexibility index (Phi) is 3.92. The van der Waals surface area contributed by atoms with Crippen molar-refractivity contribution in [1.82, 2.24) is 0 Å². The summed E-state index contributed by atoms with van der Waals surface area (Å²) in [5.74, 6) is -0.867. The average molecular weight is 200 g/mol. The van der Waals surface area contributed by atoms with Gasteiger partial charge in [0, 0.05) is 0 Å². The molecule has 0 spiro atoms. The summed E-state index contributed by atoms with van der Waals surface area (Å²) in [6.45, 7) is 4.14. The first-order chi connectivity index (χ1) is 6.65. The Morgan fingerprint density at radius 2 is 2.43 bits per heavy atom. The van der Waals surface area contributed by atoms with E-state index in [-0.39, 0.29) is 11.9 Å². The Bertz CT molecular complexity index is 224. The Morgan fingerprint density at radius 1 is 1.71 bits per heavy atom. The van der Waals surface area contributed by atoms with Gasteiger partial charge in [0.15, 0.2) is 6.10 Å². The fourth-order valence-corrected chi connectivity index (χ4v) is 1.18. The SMILES string of the molecule is CCC(C)C(=O)OC1CCCOC1=O. The molecule has 0 aromatic carbocycles. The molecule has 0 saturated carbocycles. The van der Waals surface area contributed by atoms with Crippen LogP contribution in [0.1, 0.15) is 33.1 Å². The van der Waals surface area contributed by atoms with E-state index in [2.05, 4.69) is 0 Å². The van der Waals surface area contributed by atoms with Gasteiger partial charge in [-0.15, -0.1) is 0 Å². The number of carbonyl (C=O) groups excluding carboxylic acids is 2. The topological polar surface area (TPSA) is 52.6 Å². The molecule has 1 aliphatic rings. The minimum atomic E-state index is -0.676. The van der Waals surface area contributed by atoms with Gasteiger partial charge in [0.1, 0.15) is 0 Å². The van der Waals surface area contributed by atoms with Crippen LogP contribution < -0.4 is 0 Å². The molecule has 4 nitrogen and oxygen atoms in total. The smallest absolute Gasteiger partial charge is 0.347 e. The van der Waals surface area contributed by atoms with Crippen LogP contribution in [-0.4, -0.2) is 24.6 Å². The van der Waals surface area contributed by atoms with Crippen molar-refractivity contribution in [3.05, 3.63) is 0 Å². The van der Waals surface area contributed by atoms with Crippen molar-refractivity contribution in [2.75, 3.05) is 6.61 Å². The van der Waals surface area contributed by atoms with E-state index < -0.39 is 12.1 Å². The lowest BCUT2D eigenvalue weighted by atomic mass is 10.1. The van der Waals surface area contributed by atoms with Crippen molar-refractivity contribution in [3.63, 3.8) is 0 Å². The Morgan fingerprint density at radius 3 is 3.00 bits per heavy atom. The maximum atomic E-state index is 11.4. The molecule has 4 heteroatoms. The highest BCUT2D eigenvalue weighted by Crippen LogP contribution is 2.14. The molecule has 1 fully saturated rings. The van der Waals surface area contributed by atoms with Gasteiger partial charge in [-0.1, -0.05) is 13.8 Å². The van der Waals surface area contributed by atoms with Gasteiger partial charge >= 0.3 is 11.9 Å². The molecule has 0 aromatic heterocycles. The van der Waals surface area contributed by atoms with E-state index in [4.69, 9.17) is 9.47 Å². The predicted molar refractivity (Wildman–Crippen MR) is 49.5 cm³/mol. The van der Waals surface area contributed by atoms with E-state index in [0.717, 1.165) is 12.8 Å². The number of esters is 2. The van der Waals surface area contributed by atoms with Crippen LogP contribution in [0.2, 0.25) is 0 Å². The first-order valence-corrected chi connectivity index (χ1v) is 5.02. The third-order valence-electron chi connectivity index (χ3n) is 2.39. The van der Waals surface area contributed by atoms with Gasteiger partial charge in [0.05, 0.1) is 12.5 Å². The Balaban J connectivity index is 2.42. The van der Waals surface area contributed by atoms with Gasteiger partial charge in [0.25, 0.3) is 0 Å². The zero-order chi connectivity index (χ0) is 10.6. The van der Waals surface area contributed by atoms with E-state index in [9.17, 15) is 9.59 Å². The zero-order valence-corrected chi connectivity index (χ0v) is 8.62. The van der Waals surface area contributed by atoms with E-state index in [1.54, 1.807) is 6.92 Å². The third kappa shape index (κ3) is 2.72. The second kappa shape index (κ2) is 4.98. The summed E-state index contributed by atoms with van der Waals surface area (Å²) >= 11 is 0. The highest BCUT2D eigenvalue weighted by atomic mass is 16.6. The van der Waals surface area contributed by atoms with Crippen molar-refractivity contribution in [1.29, 1.82) is 0 Å². The molecular formula is C10H16O4. The molecule has 0 aliphatic carbocycles. The second-order valence-electron chi connectivity index (χ2n) is 3.54. The van der Waals surface area contributed by atoms with Gasteiger partial charge < -0.3 is 9.47 Å². The summed E-state index contributed by atoms with van der Waals surface area (Å²) in [5, 5.41) is 0. The monoisotopic (exact) mass is 200 g/mol. The van der Waals surface area contributed by atoms with Gasteiger partial charge in [-0.05, 0) is 19.3 Å². The summed E-state index contributed by atoms with van der Waals surface area (Å²) in [4.78, 5) is 22.5. The molecule has 80 valence electrons. The molecule has 2 atom stereocenters. The fraction of sp³-hybridized carbons (Fsp3) is 0.800. The van der Waals surface area contributed by atoms with Crippen LogP contribution in [0.15, 0.2) is 0 Å². The standard InChI is InChI=1S/C10H16O4/c1-3-7(2)9(11)14-8-5-4-6-13-10(8)12/h7-8H,3-6H2,1-2H3. The predicted octanol–water partition coefficient (Wildman–Crippen LogP) is 1.28. The van der Waals surface area contributed by atoms with Crippen molar-refractivity contribution in [2.45, 2.75) is 39.2 Å². The number of cyclic esters (lactones) is 1. The molecule has 0 aromatic rings. The Labute approximate surface area is 83.6 Å². The number of carbonyl (C=O) groups is 2. The molecule has 1 heterocycles. The molecule has 2 unspecified atom stereocenters. The van der Waals surface area contributed by atoms with Gasteiger partial charge in [-0.2, -0.15) is 0 Å². The maximum Gasteiger partial charge on any atom is 0.347 e. The van der Waals surface area contributed by atoms with E-state index >= 15 is 0 Å². The second-order valence-corrected chi connectivity index (χ2v) is 3.54. The van der Waals surface area contributed by atoms with E-state index in [1.807, 2.05) is 6.92 Å². The Hall–Kier alpha value is -1.06. The van der Waals surface area contributed by atoms with Crippen molar-refractivity contribution in [3.8, 4) is 0 Å². The molecular weight excluding hydrogens is 184 g/mol. The molecule has 14 heavy (non-hydrogen) atoms. The van der Waals surface area contributed by atoms with Crippen molar-refractivity contribution < 1.29 is 19.1 Å². The molecule has 0 N–H and O–H groups in total. The van der Waals surface area contributed by atoms with Crippen LogP contribution in [0, 0.1) is 5.92 Å². The number of hydrogen-bond acceptors (Lipinski definition) is 4. The lowest BCUT2D eigenvalue weighted by Gasteiger charge is -2.22. The van der Waals surface area contributed by atoms with Crippen molar-refractivity contribution >= 4 is 11.9 Å². The molecule has 1 rings (SSSR count). The molecule has 0 bridgehead atoms. The van der Waals surface area contributed by atoms with Crippen LogP contribution in [0.3, 0.4) is 0 Å². The normalized spacial score (nSPS) is 23.9. The van der Waals surface area contributed by atoms with Crippen molar-refractivity contribution in [2.24, 2.45) is 5.92 Å². The van der Waals surface area contributed by atoms with Gasteiger partial charge in [-0.3, -0.25) is 4.79 Å². The zero-order valence-electron chi connectivity index (χ0n) is 8.62. The highest BCUT2D eigenvalue weighted by molar-refractivity contribution is 5.80. The average Bonchev–Trinajstić information content (AvgIpc) is 2.20. The molecule has 0 radical (unpaired) electrons.